The van der Waals surface area contributed by atoms with Crippen LogP contribution in [0.1, 0.15) is 18.3 Å². The summed E-state index contributed by atoms with van der Waals surface area (Å²) in [5, 5.41) is 14.5. The number of aromatic nitrogens is 3. The number of aliphatic imine (C=N–C) groups is 1. The van der Waals surface area contributed by atoms with Crippen LogP contribution >= 0.6 is 0 Å². The first kappa shape index (κ1) is 18.6. The number of benzene rings is 1. The van der Waals surface area contributed by atoms with Crippen molar-refractivity contribution >= 4 is 11.6 Å². The van der Waals surface area contributed by atoms with E-state index in [1.165, 1.54) is 6.07 Å². The Morgan fingerprint density at radius 2 is 1.96 bits per heavy atom. The van der Waals surface area contributed by atoms with Gasteiger partial charge < -0.3 is 15.4 Å². The minimum Gasteiger partial charge on any atom is -0.434 e. The Labute approximate surface area is 155 Å². The molecule has 0 aliphatic rings. The predicted molar refractivity (Wildman–Crippen MR) is 97.7 cm³/mol. The molecule has 0 radical (unpaired) electrons. The van der Waals surface area contributed by atoms with Gasteiger partial charge in [0, 0.05) is 18.3 Å². The number of alkyl halides is 2. The fourth-order valence-electron chi connectivity index (χ4n) is 2.53. The topological polar surface area (TPSA) is 75.8 Å². The third-order valence-electron chi connectivity index (χ3n) is 3.74. The van der Waals surface area contributed by atoms with E-state index in [0.717, 1.165) is 11.5 Å². The molecule has 0 amide bonds. The zero-order chi connectivity index (χ0) is 19.1. The number of fused-ring (bicyclic) bond motifs is 1. The highest BCUT2D eigenvalue weighted by atomic mass is 19.3. The molecule has 3 rings (SSSR count). The standard InChI is InChI=1S/C18H20F2N6O/c1-2-21-18(22-11-13-7-3-4-8-14(13)27-17(19)20)23-12-16-25-24-15-9-5-6-10-26(15)16/h3-10,17H,2,11-12H2,1H3,(H2,21,22,23). The Kier molecular flexibility index (Phi) is 6.14. The van der Waals surface area contributed by atoms with E-state index in [9.17, 15) is 8.78 Å². The first-order chi connectivity index (χ1) is 13.2. The number of pyridine rings is 1. The molecule has 9 heteroatoms. The van der Waals surface area contributed by atoms with E-state index in [2.05, 4.69) is 30.6 Å². The average molecular weight is 374 g/mol. The van der Waals surface area contributed by atoms with Gasteiger partial charge in [-0.25, -0.2) is 4.99 Å². The van der Waals surface area contributed by atoms with Gasteiger partial charge in [-0.05, 0) is 25.1 Å². The molecule has 0 fully saturated rings. The molecule has 0 bridgehead atoms. The zero-order valence-corrected chi connectivity index (χ0v) is 14.8. The van der Waals surface area contributed by atoms with Crippen LogP contribution in [-0.4, -0.2) is 33.7 Å². The minimum atomic E-state index is -2.87. The van der Waals surface area contributed by atoms with E-state index in [1.54, 1.807) is 18.2 Å². The average Bonchev–Trinajstić information content (AvgIpc) is 3.08. The number of ether oxygens (including phenoxy) is 1. The molecule has 0 saturated heterocycles. The highest BCUT2D eigenvalue weighted by Gasteiger charge is 2.09. The smallest absolute Gasteiger partial charge is 0.387 e. The lowest BCUT2D eigenvalue weighted by molar-refractivity contribution is -0.0504. The molecule has 0 saturated carbocycles. The molecule has 1 aromatic carbocycles. The van der Waals surface area contributed by atoms with Crippen LogP contribution in [0.25, 0.3) is 5.65 Å². The van der Waals surface area contributed by atoms with Crippen LogP contribution in [0.4, 0.5) is 8.78 Å². The number of para-hydroxylation sites is 1. The third kappa shape index (κ3) is 4.90. The van der Waals surface area contributed by atoms with Gasteiger partial charge in [0.1, 0.15) is 5.75 Å². The number of rotatable bonds is 7. The maximum Gasteiger partial charge on any atom is 0.387 e. The maximum atomic E-state index is 12.5. The van der Waals surface area contributed by atoms with E-state index in [-0.39, 0.29) is 12.3 Å². The van der Waals surface area contributed by atoms with Crippen molar-refractivity contribution in [3.05, 3.63) is 60.0 Å². The number of nitrogens with one attached hydrogen (secondary N) is 2. The van der Waals surface area contributed by atoms with Crippen LogP contribution in [0.2, 0.25) is 0 Å². The summed E-state index contributed by atoms with van der Waals surface area (Å²) in [6, 6.07) is 12.3. The lowest BCUT2D eigenvalue weighted by atomic mass is 10.2. The Morgan fingerprint density at radius 3 is 2.78 bits per heavy atom. The summed E-state index contributed by atoms with van der Waals surface area (Å²) in [7, 11) is 0. The van der Waals surface area contributed by atoms with Crippen LogP contribution in [-0.2, 0) is 13.1 Å². The van der Waals surface area contributed by atoms with Crippen LogP contribution in [0.5, 0.6) is 5.75 Å². The quantitative estimate of drug-likeness (QED) is 0.491. The molecular formula is C18H20F2N6O. The van der Waals surface area contributed by atoms with Crippen LogP contribution in [0, 0.1) is 0 Å². The zero-order valence-electron chi connectivity index (χ0n) is 14.8. The molecule has 0 spiro atoms. The van der Waals surface area contributed by atoms with Gasteiger partial charge in [0.15, 0.2) is 17.4 Å². The van der Waals surface area contributed by atoms with Gasteiger partial charge in [-0.15, -0.1) is 10.2 Å². The Morgan fingerprint density at radius 1 is 1.15 bits per heavy atom. The second-order valence-corrected chi connectivity index (χ2v) is 5.58. The largest absolute Gasteiger partial charge is 0.434 e. The van der Waals surface area contributed by atoms with Crippen LogP contribution in [0.15, 0.2) is 53.7 Å². The van der Waals surface area contributed by atoms with Gasteiger partial charge in [-0.3, -0.25) is 4.40 Å². The molecule has 0 aliphatic heterocycles. The number of guanidine groups is 1. The van der Waals surface area contributed by atoms with E-state index in [0.29, 0.717) is 24.6 Å². The molecule has 0 unspecified atom stereocenters. The third-order valence-corrected chi connectivity index (χ3v) is 3.74. The molecule has 0 atom stereocenters. The highest BCUT2D eigenvalue weighted by molar-refractivity contribution is 5.79. The number of halogens is 2. The summed E-state index contributed by atoms with van der Waals surface area (Å²) in [6.07, 6.45) is 1.88. The molecule has 2 N–H and O–H groups in total. The van der Waals surface area contributed by atoms with Crippen molar-refractivity contribution in [1.82, 2.24) is 25.2 Å². The maximum absolute atomic E-state index is 12.5. The highest BCUT2D eigenvalue weighted by Crippen LogP contribution is 2.20. The summed E-state index contributed by atoms with van der Waals surface area (Å²) in [6.45, 7) is 0.326. The summed E-state index contributed by atoms with van der Waals surface area (Å²) in [4.78, 5) is 4.44. The molecule has 3 aromatic rings. The number of nitrogens with zero attached hydrogens (tertiary/aromatic N) is 4. The molecule has 0 aliphatic carbocycles. The number of hydrogen-bond donors (Lipinski definition) is 2. The Balaban J connectivity index is 1.70. The lowest BCUT2D eigenvalue weighted by Crippen LogP contribution is -2.37. The fourth-order valence-corrected chi connectivity index (χ4v) is 2.53. The van der Waals surface area contributed by atoms with E-state index >= 15 is 0 Å². The molecule has 2 heterocycles. The van der Waals surface area contributed by atoms with Gasteiger partial charge >= 0.3 is 6.61 Å². The number of hydrogen-bond acceptors (Lipinski definition) is 4. The Hall–Kier alpha value is -3.23. The first-order valence-electron chi connectivity index (χ1n) is 8.51. The molecule has 7 nitrogen and oxygen atoms in total. The van der Waals surface area contributed by atoms with Gasteiger partial charge in [-0.1, -0.05) is 24.3 Å². The van der Waals surface area contributed by atoms with Gasteiger partial charge in [0.05, 0.1) is 13.1 Å². The monoisotopic (exact) mass is 374 g/mol. The van der Waals surface area contributed by atoms with Crippen molar-refractivity contribution < 1.29 is 13.5 Å². The van der Waals surface area contributed by atoms with E-state index < -0.39 is 6.61 Å². The Bertz CT molecular complexity index is 912. The van der Waals surface area contributed by atoms with Gasteiger partial charge in [0.2, 0.25) is 0 Å². The normalized spacial score (nSPS) is 11.8. The summed E-state index contributed by atoms with van der Waals surface area (Å²) >= 11 is 0. The van der Waals surface area contributed by atoms with E-state index in [4.69, 9.17) is 0 Å². The van der Waals surface area contributed by atoms with Crippen molar-refractivity contribution in [2.75, 3.05) is 6.54 Å². The van der Waals surface area contributed by atoms with Gasteiger partial charge in [-0.2, -0.15) is 8.78 Å². The summed E-state index contributed by atoms with van der Waals surface area (Å²) in [5.41, 5.74) is 1.33. The van der Waals surface area contributed by atoms with Crippen molar-refractivity contribution in [2.24, 2.45) is 4.99 Å². The van der Waals surface area contributed by atoms with Gasteiger partial charge in [0.25, 0.3) is 0 Å². The van der Waals surface area contributed by atoms with Crippen LogP contribution in [0.3, 0.4) is 0 Å². The summed E-state index contributed by atoms with van der Waals surface area (Å²) < 4.78 is 31.5. The van der Waals surface area contributed by atoms with Crippen molar-refractivity contribution in [2.45, 2.75) is 26.6 Å². The first-order valence-corrected chi connectivity index (χ1v) is 8.51. The van der Waals surface area contributed by atoms with E-state index in [1.807, 2.05) is 35.7 Å². The minimum absolute atomic E-state index is 0.121. The lowest BCUT2D eigenvalue weighted by Gasteiger charge is -2.12. The molecule has 142 valence electrons. The van der Waals surface area contributed by atoms with Crippen molar-refractivity contribution in [3.63, 3.8) is 0 Å². The second kappa shape index (κ2) is 8.93. The van der Waals surface area contributed by atoms with Crippen molar-refractivity contribution in [3.8, 4) is 5.75 Å². The van der Waals surface area contributed by atoms with Crippen molar-refractivity contribution in [1.29, 1.82) is 0 Å². The molecule has 27 heavy (non-hydrogen) atoms. The molecular weight excluding hydrogens is 354 g/mol. The molecule has 2 aromatic heterocycles. The SMILES string of the molecule is CCNC(=NCc1ccccc1OC(F)F)NCc1nnc2ccccn12. The summed E-state index contributed by atoms with van der Waals surface area (Å²) in [5.74, 6) is 1.39. The fraction of sp³-hybridized carbons (Fsp3) is 0.278. The second-order valence-electron chi connectivity index (χ2n) is 5.58. The predicted octanol–water partition coefficient (Wildman–Crippen LogP) is 2.59. The van der Waals surface area contributed by atoms with Crippen LogP contribution < -0.4 is 15.4 Å².